The first-order valence-electron chi connectivity index (χ1n) is 5.81. The van der Waals surface area contributed by atoms with E-state index in [0.717, 1.165) is 5.56 Å². The molecule has 6 nitrogen and oxygen atoms in total. The van der Waals surface area contributed by atoms with Gasteiger partial charge in [0.2, 0.25) is 9.97 Å². The van der Waals surface area contributed by atoms with Crippen molar-refractivity contribution in [3.8, 4) is 0 Å². The van der Waals surface area contributed by atoms with E-state index in [-0.39, 0.29) is 5.91 Å². The lowest BCUT2D eigenvalue weighted by Gasteiger charge is -2.06. The second-order valence-corrected chi connectivity index (χ2v) is 5.65. The van der Waals surface area contributed by atoms with E-state index in [1.807, 2.05) is 6.92 Å². The highest BCUT2D eigenvalue weighted by Gasteiger charge is 2.16. The van der Waals surface area contributed by atoms with E-state index in [1.165, 1.54) is 11.3 Å². The lowest BCUT2D eigenvalue weighted by Crippen LogP contribution is -2.13. The van der Waals surface area contributed by atoms with E-state index in [1.54, 1.807) is 29.6 Å². The number of anilines is 1. The number of carbonyl (C=O) groups is 1. The van der Waals surface area contributed by atoms with Crippen molar-refractivity contribution in [2.75, 3.05) is 5.32 Å². The zero-order chi connectivity index (χ0) is 14.3. The number of hydrogen-bond donors (Lipinski definition) is 1. The van der Waals surface area contributed by atoms with Crippen molar-refractivity contribution in [3.63, 3.8) is 0 Å². The molecule has 2 aromatic heterocycles. The van der Waals surface area contributed by atoms with E-state index in [9.17, 15) is 4.79 Å². The van der Waals surface area contributed by atoms with Crippen LogP contribution in [0.2, 0.25) is 5.02 Å². The molecule has 0 atom stereocenters. The zero-order valence-electron chi connectivity index (χ0n) is 10.7. The molecule has 0 radical (unpaired) electrons. The smallest absolute Gasteiger partial charge is 0.286 e. The van der Waals surface area contributed by atoms with Crippen LogP contribution in [0.5, 0.6) is 0 Å². The Bertz CT molecular complexity index is 809. The molecule has 1 aromatic carbocycles. The predicted octanol–water partition coefficient (Wildman–Crippen LogP) is 2.71. The topological polar surface area (TPSA) is 72.2 Å². The van der Waals surface area contributed by atoms with Gasteiger partial charge in [0.15, 0.2) is 5.82 Å². The molecule has 1 N–H and O–H groups in total. The predicted molar refractivity (Wildman–Crippen MR) is 77.5 cm³/mol. The number of rotatable bonds is 2. The van der Waals surface area contributed by atoms with Crippen molar-refractivity contribution in [1.82, 2.24) is 19.8 Å². The molecule has 102 valence electrons. The SMILES string of the molecule is Cc1cc(Cl)ccc1NC(=O)c1nn2c(C)nnc2s1. The molecule has 0 saturated heterocycles. The first-order chi connectivity index (χ1) is 9.54. The molecule has 0 unspecified atom stereocenters. The van der Waals surface area contributed by atoms with Gasteiger partial charge in [0, 0.05) is 10.7 Å². The number of nitrogens with one attached hydrogen (secondary N) is 1. The van der Waals surface area contributed by atoms with Gasteiger partial charge in [-0.3, -0.25) is 4.79 Å². The lowest BCUT2D eigenvalue weighted by molar-refractivity contribution is 0.102. The van der Waals surface area contributed by atoms with Crippen LogP contribution in [0.1, 0.15) is 21.2 Å². The highest BCUT2D eigenvalue weighted by atomic mass is 35.5. The lowest BCUT2D eigenvalue weighted by atomic mass is 10.2. The van der Waals surface area contributed by atoms with Gasteiger partial charge in [0.05, 0.1) is 0 Å². The maximum absolute atomic E-state index is 12.2. The van der Waals surface area contributed by atoms with Crippen molar-refractivity contribution in [2.45, 2.75) is 13.8 Å². The number of carbonyl (C=O) groups excluding carboxylic acids is 1. The normalized spacial score (nSPS) is 10.9. The maximum atomic E-state index is 12.2. The molecule has 0 aliphatic rings. The number of amides is 1. The summed E-state index contributed by atoms with van der Waals surface area (Å²) in [7, 11) is 0. The van der Waals surface area contributed by atoms with Crippen LogP contribution in [-0.2, 0) is 0 Å². The van der Waals surface area contributed by atoms with Crippen LogP contribution in [0.25, 0.3) is 4.96 Å². The highest BCUT2D eigenvalue weighted by Crippen LogP contribution is 2.21. The van der Waals surface area contributed by atoms with Crippen molar-refractivity contribution in [3.05, 3.63) is 39.6 Å². The maximum Gasteiger partial charge on any atom is 0.286 e. The summed E-state index contributed by atoms with van der Waals surface area (Å²) in [5.41, 5.74) is 1.60. The summed E-state index contributed by atoms with van der Waals surface area (Å²) in [4.78, 5) is 12.8. The quantitative estimate of drug-likeness (QED) is 0.790. The molecule has 1 amide bonds. The molecular weight excluding hydrogens is 298 g/mol. The molecule has 3 rings (SSSR count). The van der Waals surface area contributed by atoms with E-state index >= 15 is 0 Å². The molecule has 0 saturated carbocycles. The fourth-order valence-corrected chi connectivity index (χ4v) is 2.76. The van der Waals surface area contributed by atoms with Gasteiger partial charge in [0.25, 0.3) is 5.91 Å². The van der Waals surface area contributed by atoms with Gasteiger partial charge in [-0.1, -0.05) is 22.9 Å². The molecule has 8 heteroatoms. The average molecular weight is 308 g/mol. The van der Waals surface area contributed by atoms with Gasteiger partial charge in [0.1, 0.15) is 0 Å². The van der Waals surface area contributed by atoms with Gasteiger partial charge in [-0.2, -0.15) is 4.52 Å². The van der Waals surface area contributed by atoms with Crippen LogP contribution >= 0.6 is 22.9 Å². The van der Waals surface area contributed by atoms with E-state index in [4.69, 9.17) is 11.6 Å². The third-order valence-electron chi connectivity index (χ3n) is 2.78. The monoisotopic (exact) mass is 307 g/mol. The first kappa shape index (κ1) is 13.0. The van der Waals surface area contributed by atoms with Crippen molar-refractivity contribution in [2.24, 2.45) is 0 Å². The number of hydrogen-bond acceptors (Lipinski definition) is 5. The Labute approximate surface area is 123 Å². The van der Waals surface area contributed by atoms with Crippen molar-refractivity contribution >= 4 is 39.5 Å². The summed E-state index contributed by atoms with van der Waals surface area (Å²) in [6.45, 7) is 3.66. The van der Waals surface area contributed by atoms with Gasteiger partial charge in [-0.15, -0.1) is 15.3 Å². The number of aromatic nitrogens is 4. The minimum Gasteiger partial charge on any atom is -0.320 e. The van der Waals surface area contributed by atoms with E-state index in [0.29, 0.717) is 26.5 Å². The number of aryl methyl sites for hydroxylation is 2. The van der Waals surface area contributed by atoms with Gasteiger partial charge in [-0.05, 0) is 37.6 Å². The fourth-order valence-electron chi connectivity index (χ4n) is 1.75. The van der Waals surface area contributed by atoms with Crippen LogP contribution in [-0.4, -0.2) is 25.7 Å². The molecule has 0 spiro atoms. The average Bonchev–Trinajstić information content (AvgIpc) is 2.96. The summed E-state index contributed by atoms with van der Waals surface area (Å²) in [5.74, 6) is 0.378. The summed E-state index contributed by atoms with van der Waals surface area (Å²) in [6, 6.07) is 5.29. The number of halogens is 1. The Morgan fingerprint density at radius 3 is 2.85 bits per heavy atom. The molecule has 20 heavy (non-hydrogen) atoms. The highest BCUT2D eigenvalue weighted by molar-refractivity contribution is 7.18. The van der Waals surface area contributed by atoms with Crippen molar-refractivity contribution in [1.29, 1.82) is 0 Å². The van der Waals surface area contributed by atoms with Gasteiger partial charge < -0.3 is 5.32 Å². The van der Waals surface area contributed by atoms with Crippen LogP contribution in [0.15, 0.2) is 18.2 Å². The van der Waals surface area contributed by atoms with Crippen LogP contribution in [0.3, 0.4) is 0 Å². The van der Waals surface area contributed by atoms with Crippen LogP contribution < -0.4 is 5.32 Å². The third-order valence-corrected chi connectivity index (χ3v) is 3.91. The second-order valence-electron chi connectivity index (χ2n) is 4.26. The Morgan fingerprint density at radius 1 is 1.35 bits per heavy atom. The fraction of sp³-hybridized carbons (Fsp3) is 0.167. The Hall–Kier alpha value is -1.99. The van der Waals surface area contributed by atoms with Crippen LogP contribution in [0, 0.1) is 13.8 Å². The van der Waals surface area contributed by atoms with Gasteiger partial charge >= 0.3 is 0 Å². The zero-order valence-corrected chi connectivity index (χ0v) is 12.3. The largest absolute Gasteiger partial charge is 0.320 e. The van der Waals surface area contributed by atoms with Crippen molar-refractivity contribution < 1.29 is 4.79 Å². The molecular formula is C12H10ClN5OS. The second kappa shape index (κ2) is 4.84. The Kier molecular flexibility index (Phi) is 3.15. The molecule has 2 heterocycles. The molecule has 0 aliphatic heterocycles. The van der Waals surface area contributed by atoms with Crippen LogP contribution in [0.4, 0.5) is 5.69 Å². The number of nitrogens with zero attached hydrogens (tertiary/aromatic N) is 4. The Balaban J connectivity index is 1.88. The minimum atomic E-state index is -0.273. The standard InChI is InChI=1S/C12H10ClN5OS/c1-6-5-8(13)3-4-9(6)14-10(19)11-17-18-7(2)15-16-12(18)20-11/h3-5H,1-2H3,(H,14,19). The van der Waals surface area contributed by atoms with E-state index in [2.05, 4.69) is 20.6 Å². The Morgan fingerprint density at radius 2 is 2.15 bits per heavy atom. The number of benzene rings is 1. The minimum absolute atomic E-state index is 0.273. The number of fused-ring (bicyclic) bond motifs is 1. The van der Waals surface area contributed by atoms with E-state index < -0.39 is 0 Å². The molecule has 0 aliphatic carbocycles. The molecule has 3 aromatic rings. The summed E-state index contributed by atoms with van der Waals surface area (Å²) in [6.07, 6.45) is 0. The molecule has 0 bridgehead atoms. The molecule has 0 fully saturated rings. The summed E-state index contributed by atoms with van der Waals surface area (Å²) < 4.78 is 1.55. The van der Waals surface area contributed by atoms with Gasteiger partial charge in [-0.25, -0.2) is 0 Å². The third kappa shape index (κ3) is 2.25. The first-order valence-corrected chi connectivity index (χ1v) is 7.00. The summed E-state index contributed by atoms with van der Waals surface area (Å²) >= 11 is 7.08. The summed E-state index contributed by atoms with van der Waals surface area (Å²) in [5, 5.41) is 15.8.